The highest BCUT2D eigenvalue weighted by Gasteiger charge is 2.29. The zero-order valence-electron chi connectivity index (χ0n) is 16.3. The summed E-state index contributed by atoms with van der Waals surface area (Å²) in [5, 5.41) is 9.98. The molecule has 5 rings (SSSR count). The lowest BCUT2D eigenvalue weighted by molar-refractivity contribution is 0.195. The minimum Gasteiger partial charge on any atom is -0.288 e. The van der Waals surface area contributed by atoms with E-state index in [0.717, 1.165) is 29.1 Å². The van der Waals surface area contributed by atoms with E-state index in [1.165, 1.54) is 16.7 Å². The number of thioether (sulfide) groups is 1. The van der Waals surface area contributed by atoms with Crippen LogP contribution in [0.1, 0.15) is 22.7 Å². The highest BCUT2D eigenvalue weighted by molar-refractivity contribution is 7.99. The first-order valence-corrected chi connectivity index (χ1v) is 10.8. The Morgan fingerprint density at radius 2 is 1.41 bits per heavy atom. The first-order chi connectivity index (χ1) is 14.3. The molecule has 0 bridgehead atoms. The minimum absolute atomic E-state index is 0.185. The molecule has 1 aliphatic heterocycles. The Morgan fingerprint density at radius 3 is 2.07 bits per heavy atom. The summed E-state index contributed by atoms with van der Waals surface area (Å²) in [4.78, 5) is 2.49. The number of hydrogen-bond acceptors (Lipinski definition) is 4. The van der Waals surface area contributed by atoms with Crippen molar-refractivity contribution in [3.63, 3.8) is 0 Å². The number of nitrogens with zero attached hydrogens (tertiary/aromatic N) is 4. The van der Waals surface area contributed by atoms with Crippen molar-refractivity contribution in [1.82, 2.24) is 19.7 Å². The molecule has 0 aliphatic carbocycles. The SMILES string of the molecule is Cc1ccccc1-c1nnc2n1CN(C(c1ccccc1)c1ccccc1)CS2. The third-order valence-corrected chi connectivity index (χ3v) is 6.40. The molecule has 0 saturated carbocycles. The normalized spacial score (nSPS) is 14.1. The third-order valence-electron chi connectivity index (χ3n) is 5.38. The van der Waals surface area contributed by atoms with Crippen LogP contribution < -0.4 is 0 Å². The molecular weight excluding hydrogens is 376 g/mol. The molecular formula is C24H22N4S. The van der Waals surface area contributed by atoms with Crippen LogP contribution in [0.3, 0.4) is 0 Å². The molecule has 1 aliphatic rings. The van der Waals surface area contributed by atoms with Gasteiger partial charge in [0, 0.05) is 5.56 Å². The molecule has 29 heavy (non-hydrogen) atoms. The topological polar surface area (TPSA) is 34.0 Å². The van der Waals surface area contributed by atoms with E-state index in [2.05, 4.69) is 112 Å². The van der Waals surface area contributed by atoms with Gasteiger partial charge in [0.05, 0.1) is 18.6 Å². The molecule has 0 atom stereocenters. The molecule has 1 aromatic heterocycles. The number of fused-ring (bicyclic) bond motifs is 1. The van der Waals surface area contributed by atoms with Crippen LogP contribution in [0.5, 0.6) is 0 Å². The van der Waals surface area contributed by atoms with Crippen molar-refractivity contribution in [3.05, 3.63) is 102 Å². The first-order valence-electron chi connectivity index (χ1n) is 9.77. The van der Waals surface area contributed by atoms with Gasteiger partial charge in [0.15, 0.2) is 11.0 Å². The molecule has 0 unspecified atom stereocenters. The Labute approximate surface area is 175 Å². The van der Waals surface area contributed by atoms with Crippen LogP contribution in [-0.2, 0) is 6.67 Å². The van der Waals surface area contributed by atoms with Gasteiger partial charge < -0.3 is 0 Å². The molecule has 0 radical (unpaired) electrons. The highest BCUT2D eigenvalue weighted by atomic mass is 32.2. The summed E-state index contributed by atoms with van der Waals surface area (Å²) in [6.07, 6.45) is 0. The molecule has 0 amide bonds. The Balaban J connectivity index is 1.55. The quantitative estimate of drug-likeness (QED) is 0.463. The van der Waals surface area contributed by atoms with Gasteiger partial charge in [-0.3, -0.25) is 9.47 Å². The van der Waals surface area contributed by atoms with E-state index in [1.807, 2.05) is 0 Å². The summed E-state index contributed by atoms with van der Waals surface area (Å²) in [5.74, 6) is 1.82. The molecule has 144 valence electrons. The maximum atomic E-state index is 4.53. The van der Waals surface area contributed by atoms with Crippen LogP contribution in [0.4, 0.5) is 0 Å². The largest absolute Gasteiger partial charge is 0.288 e. The van der Waals surface area contributed by atoms with Crippen molar-refractivity contribution < 1.29 is 0 Å². The smallest absolute Gasteiger partial charge is 0.193 e. The van der Waals surface area contributed by atoms with Gasteiger partial charge in [-0.15, -0.1) is 10.2 Å². The van der Waals surface area contributed by atoms with Gasteiger partial charge in [-0.2, -0.15) is 0 Å². The summed E-state index contributed by atoms with van der Waals surface area (Å²) in [6, 6.07) is 30.0. The molecule has 3 aromatic carbocycles. The van der Waals surface area contributed by atoms with E-state index in [4.69, 9.17) is 0 Å². The summed E-state index contributed by atoms with van der Waals surface area (Å²) in [5.41, 5.74) is 4.96. The summed E-state index contributed by atoms with van der Waals surface area (Å²) in [7, 11) is 0. The second-order valence-electron chi connectivity index (χ2n) is 7.28. The predicted octanol–water partition coefficient (Wildman–Crippen LogP) is 5.37. The highest BCUT2D eigenvalue weighted by Crippen LogP contribution is 2.37. The Hall–Kier alpha value is -2.89. The minimum atomic E-state index is 0.185. The Kier molecular flexibility index (Phi) is 4.92. The fraction of sp³-hybridized carbons (Fsp3) is 0.167. The molecule has 2 heterocycles. The number of aromatic nitrogens is 3. The molecule has 0 N–H and O–H groups in total. The van der Waals surface area contributed by atoms with Crippen LogP contribution in [0, 0.1) is 6.92 Å². The fourth-order valence-corrected chi connectivity index (χ4v) is 4.86. The summed E-state index contributed by atoms with van der Waals surface area (Å²) < 4.78 is 2.25. The van der Waals surface area contributed by atoms with E-state index < -0.39 is 0 Å². The van der Waals surface area contributed by atoms with E-state index in [0.29, 0.717) is 0 Å². The van der Waals surface area contributed by atoms with Gasteiger partial charge in [0.2, 0.25) is 0 Å². The summed E-state index contributed by atoms with van der Waals surface area (Å²) in [6.45, 7) is 2.88. The van der Waals surface area contributed by atoms with Gasteiger partial charge >= 0.3 is 0 Å². The average Bonchev–Trinajstić information content (AvgIpc) is 3.19. The lowest BCUT2D eigenvalue weighted by Crippen LogP contribution is -2.34. The Bertz CT molecular complexity index is 1070. The maximum absolute atomic E-state index is 4.53. The van der Waals surface area contributed by atoms with Crippen molar-refractivity contribution in [2.75, 3.05) is 5.88 Å². The standard InChI is InChI=1S/C24H22N4S/c1-18-10-8-9-15-21(18)23-25-26-24-28(23)16-27(17-29-24)22(19-11-4-2-5-12-19)20-13-6-3-7-14-20/h2-15,22H,16-17H2,1H3. The molecule has 4 nitrogen and oxygen atoms in total. The molecule has 5 heteroatoms. The van der Waals surface area contributed by atoms with Gasteiger partial charge in [0.1, 0.15) is 0 Å². The van der Waals surface area contributed by atoms with Gasteiger partial charge in [0.25, 0.3) is 0 Å². The van der Waals surface area contributed by atoms with Gasteiger partial charge in [-0.25, -0.2) is 0 Å². The second kappa shape index (κ2) is 7.85. The van der Waals surface area contributed by atoms with Crippen molar-refractivity contribution in [1.29, 1.82) is 0 Å². The lowest BCUT2D eigenvalue weighted by Gasteiger charge is -2.35. The maximum Gasteiger partial charge on any atom is 0.193 e. The zero-order chi connectivity index (χ0) is 19.6. The average molecular weight is 399 g/mol. The molecule has 4 aromatic rings. The van der Waals surface area contributed by atoms with E-state index >= 15 is 0 Å². The van der Waals surface area contributed by atoms with Gasteiger partial charge in [-0.1, -0.05) is 96.7 Å². The van der Waals surface area contributed by atoms with E-state index in [-0.39, 0.29) is 6.04 Å². The van der Waals surface area contributed by atoms with Crippen molar-refractivity contribution in [2.24, 2.45) is 0 Å². The number of aryl methyl sites for hydroxylation is 1. The number of rotatable bonds is 4. The third kappa shape index (κ3) is 3.48. The monoisotopic (exact) mass is 398 g/mol. The number of hydrogen-bond donors (Lipinski definition) is 0. The Morgan fingerprint density at radius 1 is 0.793 bits per heavy atom. The molecule has 0 saturated heterocycles. The molecule has 0 fully saturated rings. The zero-order valence-corrected chi connectivity index (χ0v) is 17.1. The van der Waals surface area contributed by atoms with Crippen LogP contribution in [-0.4, -0.2) is 25.5 Å². The van der Waals surface area contributed by atoms with E-state index in [9.17, 15) is 0 Å². The van der Waals surface area contributed by atoms with Crippen LogP contribution >= 0.6 is 11.8 Å². The second-order valence-corrected chi connectivity index (χ2v) is 8.19. The van der Waals surface area contributed by atoms with Crippen LogP contribution in [0.15, 0.2) is 90.1 Å². The predicted molar refractivity (Wildman–Crippen MR) is 117 cm³/mol. The van der Waals surface area contributed by atoms with Crippen molar-refractivity contribution in [2.45, 2.75) is 24.8 Å². The molecule has 0 spiro atoms. The first kappa shape index (κ1) is 18.2. The van der Waals surface area contributed by atoms with Gasteiger partial charge in [-0.05, 0) is 23.6 Å². The van der Waals surface area contributed by atoms with Crippen molar-refractivity contribution >= 4 is 11.8 Å². The van der Waals surface area contributed by atoms with Crippen LogP contribution in [0.25, 0.3) is 11.4 Å². The van der Waals surface area contributed by atoms with Crippen LogP contribution in [0.2, 0.25) is 0 Å². The fourth-order valence-electron chi connectivity index (χ4n) is 3.95. The lowest BCUT2D eigenvalue weighted by atomic mass is 9.98. The van der Waals surface area contributed by atoms with E-state index in [1.54, 1.807) is 11.8 Å². The van der Waals surface area contributed by atoms with Crippen molar-refractivity contribution in [3.8, 4) is 11.4 Å². The number of benzene rings is 3. The summed E-state index contributed by atoms with van der Waals surface area (Å²) >= 11 is 1.75.